The van der Waals surface area contributed by atoms with Crippen molar-refractivity contribution in [1.82, 2.24) is 4.98 Å². The highest BCUT2D eigenvalue weighted by Crippen LogP contribution is 2.33. The molecule has 26 heavy (non-hydrogen) atoms. The lowest BCUT2D eigenvalue weighted by molar-refractivity contribution is -0.123. The van der Waals surface area contributed by atoms with E-state index in [1.807, 2.05) is 0 Å². The molecule has 0 fully saturated rings. The summed E-state index contributed by atoms with van der Waals surface area (Å²) < 4.78 is 5.39. The van der Waals surface area contributed by atoms with Crippen LogP contribution in [-0.4, -0.2) is 35.7 Å². The number of carbonyl (C=O) groups is 3. The summed E-state index contributed by atoms with van der Waals surface area (Å²) in [6.45, 7) is 1.36. The number of pyridine rings is 1. The average Bonchev–Trinajstić information content (AvgIpc) is 2.63. The molecule has 2 aromatic rings. The number of Topliss-reactive ketones (excluding diaryl/α,β-unsaturated/α-hetero) is 1. The van der Waals surface area contributed by atoms with E-state index < -0.39 is 5.91 Å². The van der Waals surface area contributed by atoms with Gasteiger partial charge in [-0.15, -0.1) is 0 Å². The van der Waals surface area contributed by atoms with E-state index in [-0.39, 0.29) is 30.0 Å². The third-order valence-electron chi connectivity index (χ3n) is 3.83. The van der Waals surface area contributed by atoms with Crippen LogP contribution >= 0.6 is 11.6 Å². The molecule has 0 aliphatic carbocycles. The molecule has 1 N–H and O–H groups in total. The highest BCUT2D eigenvalue weighted by atomic mass is 35.5. The Balaban J connectivity index is 1.82. The van der Waals surface area contributed by atoms with Crippen LogP contribution in [0.4, 0.5) is 11.5 Å². The zero-order chi connectivity index (χ0) is 18.7. The second-order valence-corrected chi connectivity index (χ2v) is 6.01. The molecule has 0 unspecified atom stereocenters. The minimum absolute atomic E-state index is 0.0571. The van der Waals surface area contributed by atoms with Crippen LogP contribution in [0.5, 0.6) is 5.75 Å². The molecule has 1 aliphatic heterocycles. The SMILES string of the molecule is CCC(=O)c1ccc2c(c1)N(CC(=O)Nc1cccc(Cl)n1)C(=O)CO2. The van der Waals surface area contributed by atoms with Crippen LogP contribution in [0.1, 0.15) is 23.7 Å². The van der Waals surface area contributed by atoms with Crippen LogP contribution in [-0.2, 0) is 9.59 Å². The molecule has 0 atom stereocenters. The number of anilines is 2. The number of hydrogen-bond acceptors (Lipinski definition) is 5. The molecule has 1 aromatic carbocycles. The van der Waals surface area contributed by atoms with E-state index in [9.17, 15) is 14.4 Å². The summed E-state index contributed by atoms with van der Waals surface area (Å²) in [5.74, 6) is -0.122. The summed E-state index contributed by atoms with van der Waals surface area (Å²) in [4.78, 5) is 41.8. The number of aromatic nitrogens is 1. The summed E-state index contributed by atoms with van der Waals surface area (Å²) in [6.07, 6.45) is 0.342. The molecule has 2 amide bonds. The van der Waals surface area contributed by atoms with E-state index in [2.05, 4.69) is 10.3 Å². The van der Waals surface area contributed by atoms with Gasteiger partial charge < -0.3 is 10.1 Å². The summed E-state index contributed by atoms with van der Waals surface area (Å²) in [7, 11) is 0. The summed E-state index contributed by atoms with van der Waals surface area (Å²) in [5, 5.41) is 2.84. The van der Waals surface area contributed by atoms with Crippen molar-refractivity contribution in [3.63, 3.8) is 0 Å². The van der Waals surface area contributed by atoms with Crippen molar-refractivity contribution < 1.29 is 19.1 Å². The second-order valence-electron chi connectivity index (χ2n) is 5.62. The highest BCUT2D eigenvalue weighted by molar-refractivity contribution is 6.29. The Morgan fingerprint density at radius 2 is 2.12 bits per heavy atom. The second kappa shape index (κ2) is 7.53. The number of nitrogens with one attached hydrogen (secondary N) is 1. The normalized spacial score (nSPS) is 13.0. The molecular weight excluding hydrogens is 358 g/mol. The van der Waals surface area contributed by atoms with Crippen LogP contribution in [0.2, 0.25) is 5.15 Å². The minimum atomic E-state index is -0.437. The third kappa shape index (κ3) is 3.83. The van der Waals surface area contributed by atoms with Crippen molar-refractivity contribution >= 4 is 40.7 Å². The molecule has 134 valence electrons. The first-order chi connectivity index (χ1) is 12.5. The van der Waals surface area contributed by atoms with Gasteiger partial charge in [0, 0.05) is 12.0 Å². The van der Waals surface area contributed by atoms with E-state index in [0.717, 1.165) is 0 Å². The van der Waals surface area contributed by atoms with Crippen molar-refractivity contribution in [2.75, 3.05) is 23.4 Å². The summed E-state index contributed by atoms with van der Waals surface area (Å²) in [6, 6.07) is 9.69. The minimum Gasteiger partial charge on any atom is -0.482 e. The van der Waals surface area contributed by atoms with E-state index in [4.69, 9.17) is 16.3 Å². The van der Waals surface area contributed by atoms with E-state index in [1.165, 1.54) is 4.90 Å². The number of halogens is 1. The number of nitrogens with zero attached hydrogens (tertiary/aromatic N) is 2. The highest BCUT2D eigenvalue weighted by Gasteiger charge is 2.28. The lowest BCUT2D eigenvalue weighted by atomic mass is 10.1. The number of carbonyl (C=O) groups excluding carboxylic acids is 3. The van der Waals surface area contributed by atoms with Gasteiger partial charge in [0.15, 0.2) is 12.4 Å². The maximum absolute atomic E-state index is 12.3. The Labute approximate surface area is 154 Å². The van der Waals surface area contributed by atoms with Gasteiger partial charge in [0.25, 0.3) is 5.91 Å². The fourth-order valence-electron chi connectivity index (χ4n) is 2.56. The molecule has 0 spiro atoms. The molecule has 0 saturated heterocycles. The van der Waals surface area contributed by atoms with E-state index in [0.29, 0.717) is 29.2 Å². The van der Waals surface area contributed by atoms with Gasteiger partial charge >= 0.3 is 0 Å². The monoisotopic (exact) mass is 373 g/mol. The number of fused-ring (bicyclic) bond motifs is 1. The van der Waals surface area contributed by atoms with Gasteiger partial charge in [0.1, 0.15) is 23.3 Å². The van der Waals surface area contributed by atoms with E-state index in [1.54, 1.807) is 43.3 Å². The standard InChI is InChI=1S/C18H16ClN3O4/c1-2-13(23)11-6-7-14-12(8-11)22(18(25)10-26-14)9-17(24)21-16-5-3-4-15(19)20-16/h3-8H,2,9-10H2,1H3,(H,20,21,24). The van der Waals surface area contributed by atoms with Gasteiger partial charge in [0.05, 0.1) is 5.69 Å². The van der Waals surface area contributed by atoms with Gasteiger partial charge in [-0.3, -0.25) is 19.3 Å². The smallest absolute Gasteiger partial charge is 0.265 e. The van der Waals surface area contributed by atoms with Crippen molar-refractivity contribution in [3.8, 4) is 5.75 Å². The van der Waals surface area contributed by atoms with Gasteiger partial charge in [0.2, 0.25) is 5.91 Å². The summed E-state index contributed by atoms with van der Waals surface area (Å²) in [5.41, 5.74) is 0.862. The van der Waals surface area contributed by atoms with Gasteiger partial charge in [-0.1, -0.05) is 24.6 Å². The quantitative estimate of drug-likeness (QED) is 0.643. The lowest BCUT2D eigenvalue weighted by Crippen LogP contribution is -2.43. The Hall–Kier alpha value is -2.93. The topological polar surface area (TPSA) is 88.6 Å². The van der Waals surface area contributed by atoms with Crippen LogP contribution < -0.4 is 15.0 Å². The molecule has 7 nitrogen and oxygen atoms in total. The maximum atomic E-state index is 12.3. The molecule has 2 heterocycles. The van der Waals surface area contributed by atoms with Crippen LogP contribution in [0.15, 0.2) is 36.4 Å². The first kappa shape index (κ1) is 17.9. The Bertz CT molecular complexity index is 884. The fourth-order valence-corrected chi connectivity index (χ4v) is 2.72. The van der Waals surface area contributed by atoms with Gasteiger partial charge in [-0.05, 0) is 30.3 Å². The Kier molecular flexibility index (Phi) is 5.18. The number of rotatable bonds is 5. The average molecular weight is 374 g/mol. The predicted molar refractivity (Wildman–Crippen MR) is 96.8 cm³/mol. The van der Waals surface area contributed by atoms with Crippen LogP contribution in [0.3, 0.4) is 0 Å². The Morgan fingerprint density at radius 1 is 1.31 bits per heavy atom. The zero-order valence-electron chi connectivity index (χ0n) is 14.0. The molecule has 0 bridgehead atoms. The van der Waals surface area contributed by atoms with Gasteiger partial charge in [-0.25, -0.2) is 4.98 Å². The van der Waals surface area contributed by atoms with Crippen LogP contribution in [0, 0.1) is 0 Å². The lowest BCUT2D eigenvalue weighted by Gasteiger charge is -2.29. The third-order valence-corrected chi connectivity index (χ3v) is 4.04. The number of ether oxygens (including phenoxy) is 1. The molecule has 3 rings (SSSR count). The van der Waals surface area contributed by atoms with E-state index >= 15 is 0 Å². The van der Waals surface area contributed by atoms with Crippen molar-refractivity contribution in [2.45, 2.75) is 13.3 Å². The number of hydrogen-bond donors (Lipinski definition) is 1. The summed E-state index contributed by atoms with van der Waals surface area (Å²) >= 11 is 5.80. The first-order valence-corrected chi connectivity index (χ1v) is 8.38. The zero-order valence-corrected chi connectivity index (χ0v) is 14.7. The van der Waals surface area contributed by atoms with Gasteiger partial charge in [-0.2, -0.15) is 0 Å². The van der Waals surface area contributed by atoms with Crippen molar-refractivity contribution in [1.29, 1.82) is 0 Å². The molecule has 0 saturated carbocycles. The fraction of sp³-hybridized carbons (Fsp3) is 0.222. The first-order valence-electron chi connectivity index (χ1n) is 8.00. The number of benzene rings is 1. The van der Waals surface area contributed by atoms with Crippen molar-refractivity contribution in [2.24, 2.45) is 0 Å². The molecular formula is C18H16ClN3O4. The molecule has 1 aromatic heterocycles. The maximum Gasteiger partial charge on any atom is 0.265 e. The molecule has 8 heteroatoms. The Morgan fingerprint density at radius 3 is 2.85 bits per heavy atom. The number of ketones is 1. The largest absolute Gasteiger partial charge is 0.482 e. The van der Waals surface area contributed by atoms with Crippen molar-refractivity contribution in [3.05, 3.63) is 47.1 Å². The molecule has 1 aliphatic rings. The molecule has 0 radical (unpaired) electrons. The predicted octanol–water partition coefficient (Wildman–Crippen LogP) is 2.69. The van der Waals surface area contributed by atoms with Crippen LogP contribution in [0.25, 0.3) is 0 Å². The number of amides is 2.